The molecule has 0 saturated heterocycles. The number of sulfonamides is 1. The molecule has 34 heavy (non-hydrogen) atoms. The molecule has 4 aromatic rings. The Bertz CT molecular complexity index is 1560. The summed E-state index contributed by atoms with van der Waals surface area (Å²) in [6.07, 6.45) is 1.59. The summed E-state index contributed by atoms with van der Waals surface area (Å²) in [5.74, 6) is -0.474. The highest BCUT2D eigenvalue weighted by atomic mass is 32.2. The van der Waals surface area contributed by atoms with Crippen LogP contribution in [0.25, 0.3) is 10.2 Å². The van der Waals surface area contributed by atoms with E-state index >= 15 is 0 Å². The fourth-order valence-corrected chi connectivity index (χ4v) is 5.41. The summed E-state index contributed by atoms with van der Waals surface area (Å²) in [6.45, 7) is 3.97. The first-order valence-electron chi connectivity index (χ1n) is 10.1. The van der Waals surface area contributed by atoms with E-state index < -0.39 is 21.7 Å². The number of thiazole rings is 1. The van der Waals surface area contributed by atoms with Gasteiger partial charge in [-0.25, -0.2) is 12.8 Å². The molecule has 0 fully saturated rings. The maximum atomic E-state index is 14.4. The average Bonchev–Trinajstić information content (AvgIpc) is 3.17. The molecule has 1 N–H and O–H groups in total. The molecule has 1 heterocycles. The van der Waals surface area contributed by atoms with Crippen molar-refractivity contribution in [2.75, 3.05) is 11.8 Å². The summed E-state index contributed by atoms with van der Waals surface area (Å²) in [7, 11) is -2.39. The van der Waals surface area contributed by atoms with Crippen LogP contribution in [0.15, 0.2) is 89.3 Å². The van der Waals surface area contributed by atoms with Crippen molar-refractivity contribution in [3.05, 3.63) is 95.6 Å². The summed E-state index contributed by atoms with van der Waals surface area (Å²) in [5.41, 5.74) is 0.733. The second-order valence-corrected chi connectivity index (χ2v) is 9.84. The summed E-state index contributed by atoms with van der Waals surface area (Å²) in [6, 6.07) is 16.6. The SMILES string of the molecule is C=CCn1c(=NC(=O)c2cccc(NS(=O)(=O)c3ccc(OC)cc3)c2)sc2cccc(F)c21. The van der Waals surface area contributed by atoms with E-state index in [1.54, 1.807) is 41.0 Å². The van der Waals surface area contributed by atoms with Gasteiger partial charge in [-0.05, 0) is 54.6 Å². The second kappa shape index (κ2) is 9.62. The van der Waals surface area contributed by atoms with Gasteiger partial charge in [0.15, 0.2) is 4.80 Å². The van der Waals surface area contributed by atoms with Gasteiger partial charge < -0.3 is 9.30 Å². The number of carbonyl (C=O) groups is 1. The van der Waals surface area contributed by atoms with Gasteiger partial charge >= 0.3 is 0 Å². The van der Waals surface area contributed by atoms with E-state index in [0.717, 1.165) is 0 Å². The van der Waals surface area contributed by atoms with Crippen LogP contribution >= 0.6 is 11.3 Å². The quantitative estimate of drug-likeness (QED) is 0.379. The summed E-state index contributed by atoms with van der Waals surface area (Å²) < 4.78 is 49.6. The fraction of sp³-hybridized carbons (Fsp3) is 0.0833. The van der Waals surface area contributed by atoms with Crippen molar-refractivity contribution < 1.29 is 22.3 Å². The normalized spacial score (nSPS) is 12.0. The molecule has 1 aromatic heterocycles. The van der Waals surface area contributed by atoms with Crippen molar-refractivity contribution in [1.82, 2.24) is 4.57 Å². The molecule has 0 aliphatic rings. The van der Waals surface area contributed by atoms with E-state index in [9.17, 15) is 17.6 Å². The number of anilines is 1. The monoisotopic (exact) mass is 497 g/mol. The van der Waals surface area contributed by atoms with Gasteiger partial charge in [-0.15, -0.1) is 6.58 Å². The Morgan fingerprint density at radius 1 is 1.18 bits per heavy atom. The van der Waals surface area contributed by atoms with Crippen molar-refractivity contribution >= 4 is 43.2 Å². The van der Waals surface area contributed by atoms with E-state index in [1.165, 1.54) is 54.8 Å². The highest BCUT2D eigenvalue weighted by Crippen LogP contribution is 2.22. The number of hydrogen-bond donors (Lipinski definition) is 1. The number of halogens is 1. The molecule has 0 unspecified atom stereocenters. The topological polar surface area (TPSA) is 89.8 Å². The van der Waals surface area contributed by atoms with Gasteiger partial charge in [0.25, 0.3) is 15.9 Å². The van der Waals surface area contributed by atoms with Gasteiger partial charge in [0.05, 0.1) is 22.2 Å². The molecule has 4 rings (SSSR count). The van der Waals surface area contributed by atoms with Gasteiger partial charge in [-0.3, -0.25) is 9.52 Å². The predicted octanol–water partition coefficient (Wildman–Crippen LogP) is 4.58. The van der Waals surface area contributed by atoms with Crippen LogP contribution in [-0.4, -0.2) is 26.0 Å². The summed E-state index contributed by atoms with van der Waals surface area (Å²) in [4.78, 5) is 17.4. The zero-order valence-electron chi connectivity index (χ0n) is 18.1. The maximum absolute atomic E-state index is 14.4. The van der Waals surface area contributed by atoms with Crippen LogP contribution in [0.2, 0.25) is 0 Å². The minimum Gasteiger partial charge on any atom is -0.497 e. The zero-order chi connectivity index (χ0) is 24.3. The Morgan fingerprint density at radius 2 is 1.91 bits per heavy atom. The number of nitrogens with zero attached hydrogens (tertiary/aromatic N) is 2. The van der Waals surface area contributed by atoms with Gasteiger partial charge in [0.1, 0.15) is 11.6 Å². The smallest absolute Gasteiger partial charge is 0.279 e. The Hall–Kier alpha value is -3.76. The lowest BCUT2D eigenvalue weighted by Crippen LogP contribution is -2.17. The third-order valence-corrected chi connectivity index (χ3v) is 7.33. The van der Waals surface area contributed by atoms with Crippen molar-refractivity contribution in [1.29, 1.82) is 0 Å². The molecule has 1 amide bonds. The van der Waals surface area contributed by atoms with Gasteiger partial charge in [-0.2, -0.15) is 4.99 Å². The number of benzene rings is 3. The van der Waals surface area contributed by atoms with E-state index in [0.29, 0.717) is 20.8 Å². The van der Waals surface area contributed by atoms with E-state index in [2.05, 4.69) is 16.3 Å². The van der Waals surface area contributed by atoms with E-state index in [-0.39, 0.29) is 22.7 Å². The van der Waals surface area contributed by atoms with Crippen LogP contribution < -0.4 is 14.3 Å². The third-order valence-electron chi connectivity index (χ3n) is 4.89. The second-order valence-electron chi connectivity index (χ2n) is 7.15. The lowest BCUT2D eigenvalue weighted by molar-refractivity contribution is 0.0998. The van der Waals surface area contributed by atoms with Crippen LogP contribution in [0, 0.1) is 5.82 Å². The molecule has 0 aliphatic heterocycles. The third kappa shape index (κ3) is 4.78. The van der Waals surface area contributed by atoms with E-state index in [4.69, 9.17) is 4.74 Å². The summed E-state index contributed by atoms with van der Waals surface area (Å²) in [5, 5.41) is 0. The molecular weight excluding hydrogens is 477 g/mol. The van der Waals surface area contributed by atoms with Crippen LogP contribution in [0.3, 0.4) is 0 Å². The molecule has 7 nitrogen and oxygen atoms in total. The molecule has 0 atom stereocenters. The first-order chi connectivity index (χ1) is 16.3. The van der Waals surface area contributed by atoms with Gasteiger partial charge in [-0.1, -0.05) is 29.5 Å². The van der Waals surface area contributed by atoms with Crippen LogP contribution in [0.4, 0.5) is 10.1 Å². The number of aromatic nitrogens is 1. The Morgan fingerprint density at radius 3 is 2.62 bits per heavy atom. The van der Waals surface area contributed by atoms with Crippen molar-refractivity contribution in [3.63, 3.8) is 0 Å². The molecule has 0 bridgehead atoms. The minimum absolute atomic E-state index is 0.0486. The number of amides is 1. The van der Waals surface area contributed by atoms with Crippen molar-refractivity contribution in [3.8, 4) is 5.75 Å². The number of carbonyl (C=O) groups excluding carboxylic acids is 1. The fourth-order valence-electron chi connectivity index (χ4n) is 3.31. The number of ether oxygens (including phenoxy) is 1. The molecular formula is C24H20FN3O4S2. The number of nitrogens with one attached hydrogen (secondary N) is 1. The van der Waals surface area contributed by atoms with Crippen LogP contribution in [0.5, 0.6) is 5.75 Å². The molecule has 0 aliphatic carbocycles. The molecule has 0 radical (unpaired) electrons. The Balaban J connectivity index is 1.66. The zero-order valence-corrected chi connectivity index (χ0v) is 19.7. The predicted molar refractivity (Wildman–Crippen MR) is 130 cm³/mol. The molecule has 0 spiro atoms. The lowest BCUT2D eigenvalue weighted by Gasteiger charge is -2.09. The Kier molecular flexibility index (Phi) is 6.62. The van der Waals surface area contributed by atoms with Gasteiger partial charge in [0.2, 0.25) is 0 Å². The lowest BCUT2D eigenvalue weighted by atomic mass is 10.2. The molecule has 0 saturated carbocycles. The molecule has 174 valence electrons. The van der Waals surface area contributed by atoms with Crippen molar-refractivity contribution in [2.45, 2.75) is 11.4 Å². The number of fused-ring (bicyclic) bond motifs is 1. The highest BCUT2D eigenvalue weighted by molar-refractivity contribution is 7.92. The first kappa shape index (κ1) is 23.4. The largest absolute Gasteiger partial charge is 0.497 e. The maximum Gasteiger partial charge on any atom is 0.279 e. The van der Waals surface area contributed by atoms with E-state index in [1.807, 2.05) is 0 Å². The number of hydrogen-bond acceptors (Lipinski definition) is 5. The van der Waals surface area contributed by atoms with Crippen LogP contribution in [0.1, 0.15) is 10.4 Å². The number of para-hydroxylation sites is 1. The summed E-state index contributed by atoms with van der Waals surface area (Å²) >= 11 is 1.18. The molecule has 10 heteroatoms. The minimum atomic E-state index is -3.88. The highest BCUT2D eigenvalue weighted by Gasteiger charge is 2.16. The van der Waals surface area contributed by atoms with Gasteiger partial charge in [0, 0.05) is 17.8 Å². The van der Waals surface area contributed by atoms with Crippen molar-refractivity contribution in [2.24, 2.45) is 4.99 Å². The Labute approximate surface area is 199 Å². The number of allylic oxidation sites excluding steroid dienone is 1. The first-order valence-corrected chi connectivity index (χ1v) is 12.4. The standard InChI is InChI=1S/C24H20FN3O4S2/c1-3-14-28-22-20(25)8-5-9-21(22)33-24(28)26-23(29)16-6-4-7-17(15-16)27-34(30,31)19-12-10-18(32-2)11-13-19/h3-13,15,27H,1,14H2,2H3. The molecule has 3 aromatic carbocycles. The number of rotatable bonds is 7. The van der Waals surface area contributed by atoms with Crippen LogP contribution in [-0.2, 0) is 16.6 Å². The average molecular weight is 498 g/mol. The number of methoxy groups -OCH3 is 1.